The second kappa shape index (κ2) is 7.31. The van der Waals surface area contributed by atoms with Crippen LogP contribution >= 0.6 is 11.8 Å². The Hall–Kier alpha value is -2.60. The smallest absolute Gasteiger partial charge is 0.258 e. The van der Waals surface area contributed by atoms with Gasteiger partial charge in [0.2, 0.25) is 5.91 Å². The molecule has 1 heterocycles. The first-order valence-corrected chi connectivity index (χ1v) is 8.52. The number of aromatic nitrogens is 2. The van der Waals surface area contributed by atoms with Gasteiger partial charge in [0.1, 0.15) is 5.82 Å². The van der Waals surface area contributed by atoms with Crippen molar-refractivity contribution < 1.29 is 4.79 Å². The van der Waals surface area contributed by atoms with Crippen molar-refractivity contribution in [3.05, 3.63) is 70.8 Å². The number of nitrogens with one attached hydrogen (secondary N) is 1. The third-order valence-electron chi connectivity index (χ3n) is 3.58. The summed E-state index contributed by atoms with van der Waals surface area (Å²) in [4.78, 5) is 34.1. The topological polar surface area (TPSA) is 66.1 Å². The second-order valence-corrected chi connectivity index (χ2v) is 6.43. The van der Waals surface area contributed by atoms with E-state index < -0.39 is 0 Å². The van der Waals surface area contributed by atoms with Crippen LogP contribution in [0.3, 0.4) is 0 Å². The Morgan fingerprint density at radius 2 is 1.83 bits per heavy atom. The molecule has 3 rings (SSSR count). The van der Waals surface area contributed by atoms with Crippen LogP contribution in [0.5, 0.6) is 0 Å². The van der Waals surface area contributed by atoms with Gasteiger partial charge < -0.3 is 9.88 Å². The molecule has 0 radical (unpaired) electrons. The van der Waals surface area contributed by atoms with Crippen molar-refractivity contribution in [3.8, 4) is 0 Å². The first kappa shape index (κ1) is 16.3. The monoisotopic (exact) mass is 339 g/mol. The number of amides is 1. The van der Waals surface area contributed by atoms with Gasteiger partial charge in [-0.2, -0.15) is 0 Å². The summed E-state index contributed by atoms with van der Waals surface area (Å²) in [5, 5.41) is 0.551. The molecule has 24 heavy (non-hydrogen) atoms. The number of carbonyl (C=O) groups is 1. The number of hydrogen-bond donors (Lipinski definition) is 1. The van der Waals surface area contributed by atoms with Crippen molar-refractivity contribution in [1.82, 2.24) is 14.9 Å². The van der Waals surface area contributed by atoms with Gasteiger partial charge in [0.25, 0.3) is 5.56 Å². The van der Waals surface area contributed by atoms with Crippen molar-refractivity contribution in [1.29, 1.82) is 0 Å². The average Bonchev–Trinajstić information content (AvgIpc) is 2.60. The Kier molecular flexibility index (Phi) is 4.96. The molecular formula is C18H17N3O2S. The number of aromatic amines is 1. The van der Waals surface area contributed by atoms with Crippen molar-refractivity contribution in [2.24, 2.45) is 0 Å². The SMILES string of the molecule is CN(Cc1nc2ccccc2c(=O)[nH]1)C(=O)CSc1ccccc1. The molecule has 0 aliphatic rings. The number of H-pyrrole nitrogens is 1. The van der Waals surface area contributed by atoms with Crippen molar-refractivity contribution in [2.75, 3.05) is 12.8 Å². The van der Waals surface area contributed by atoms with Crippen LogP contribution in [0, 0.1) is 0 Å². The van der Waals surface area contributed by atoms with Crippen LogP contribution in [0.25, 0.3) is 10.9 Å². The third-order valence-corrected chi connectivity index (χ3v) is 4.58. The number of hydrogen-bond acceptors (Lipinski definition) is 4. The van der Waals surface area contributed by atoms with Crippen LogP contribution in [0.2, 0.25) is 0 Å². The van der Waals surface area contributed by atoms with E-state index in [9.17, 15) is 9.59 Å². The van der Waals surface area contributed by atoms with Crippen molar-refractivity contribution >= 4 is 28.6 Å². The van der Waals surface area contributed by atoms with Crippen molar-refractivity contribution in [3.63, 3.8) is 0 Å². The maximum absolute atomic E-state index is 12.3. The predicted molar refractivity (Wildman–Crippen MR) is 96.0 cm³/mol. The number of para-hydroxylation sites is 1. The Bertz CT molecular complexity index is 909. The third kappa shape index (κ3) is 3.83. The largest absolute Gasteiger partial charge is 0.338 e. The summed E-state index contributed by atoms with van der Waals surface area (Å²) in [6.45, 7) is 0.272. The number of benzene rings is 2. The first-order valence-electron chi connectivity index (χ1n) is 7.53. The van der Waals surface area contributed by atoms with E-state index in [1.807, 2.05) is 36.4 Å². The van der Waals surface area contributed by atoms with E-state index in [1.165, 1.54) is 11.8 Å². The normalized spacial score (nSPS) is 10.7. The molecule has 0 atom stereocenters. The minimum atomic E-state index is -0.185. The highest BCUT2D eigenvalue weighted by Gasteiger charge is 2.12. The lowest BCUT2D eigenvalue weighted by Gasteiger charge is -2.16. The standard InChI is InChI=1S/C18H17N3O2S/c1-21(17(22)12-24-13-7-3-2-4-8-13)11-16-19-15-10-6-5-9-14(15)18(23)20-16/h2-10H,11-12H2,1H3,(H,19,20,23). The minimum absolute atomic E-state index is 0.0142. The molecule has 0 fully saturated rings. The summed E-state index contributed by atoms with van der Waals surface area (Å²) in [5.74, 6) is 0.817. The number of fused-ring (bicyclic) bond motifs is 1. The molecule has 0 saturated heterocycles. The van der Waals surface area contributed by atoms with Crippen LogP contribution < -0.4 is 5.56 Å². The Morgan fingerprint density at radius 3 is 2.62 bits per heavy atom. The first-order chi connectivity index (χ1) is 11.6. The molecule has 0 saturated carbocycles. The van der Waals surface area contributed by atoms with Crippen LogP contribution in [0.15, 0.2) is 64.3 Å². The van der Waals surface area contributed by atoms with Crippen LogP contribution in [-0.4, -0.2) is 33.6 Å². The molecular weight excluding hydrogens is 322 g/mol. The highest BCUT2D eigenvalue weighted by molar-refractivity contribution is 8.00. The molecule has 1 N–H and O–H groups in total. The fraction of sp³-hybridized carbons (Fsp3) is 0.167. The zero-order valence-corrected chi connectivity index (χ0v) is 14.0. The Morgan fingerprint density at radius 1 is 1.12 bits per heavy atom. The molecule has 122 valence electrons. The highest BCUT2D eigenvalue weighted by atomic mass is 32.2. The number of rotatable bonds is 5. The lowest BCUT2D eigenvalue weighted by atomic mass is 10.2. The quantitative estimate of drug-likeness (QED) is 0.726. The van der Waals surface area contributed by atoms with Gasteiger partial charge in [0.15, 0.2) is 0 Å². The zero-order chi connectivity index (χ0) is 16.9. The van der Waals surface area contributed by atoms with Gasteiger partial charge >= 0.3 is 0 Å². The van der Waals surface area contributed by atoms with Gasteiger partial charge in [-0.3, -0.25) is 9.59 Å². The number of carbonyl (C=O) groups excluding carboxylic acids is 1. The molecule has 0 aliphatic carbocycles. The molecule has 0 unspecified atom stereocenters. The summed E-state index contributed by atoms with van der Waals surface area (Å²) < 4.78 is 0. The predicted octanol–water partition coefficient (Wildman–Crippen LogP) is 2.67. The second-order valence-electron chi connectivity index (χ2n) is 5.38. The maximum atomic E-state index is 12.3. The van der Waals surface area contributed by atoms with Gasteiger partial charge in [-0.1, -0.05) is 30.3 Å². The summed E-state index contributed by atoms with van der Waals surface area (Å²) >= 11 is 1.49. The van der Waals surface area contributed by atoms with E-state index in [4.69, 9.17) is 0 Å². The van der Waals surface area contributed by atoms with E-state index in [0.29, 0.717) is 22.5 Å². The zero-order valence-electron chi connectivity index (χ0n) is 13.2. The van der Waals surface area contributed by atoms with Crippen LogP contribution in [0.4, 0.5) is 0 Å². The fourth-order valence-corrected chi connectivity index (χ4v) is 3.15. The summed E-state index contributed by atoms with van der Waals surface area (Å²) in [6.07, 6.45) is 0. The molecule has 2 aromatic carbocycles. The molecule has 0 aliphatic heterocycles. The number of nitrogens with zero attached hydrogens (tertiary/aromatic N) is 2. The lowest BCUT2D eigenvalue weighted by Crippen LogP contribution is -2.29. The van der Waals surface area contributed by atoms with Gasteiger partial charge in [-0.25, -0.2) is 4.98 Å². The molecule has 1 amide bonds. The van der Waals surface area contributed by atoms with Gasteiger partial charge in [-0.15, -0.1) is 11.8 Å². The molecule has 1 aromatic heterocycles. The van der Waals surface area contributed by atoms with E-state index >= 15 is 0 Å². The maximum Gasteiger partial charge on any atom is 0.258 e. The van der Waals surface area contributed by atoms with Gasteiger partial charge in [0.05, 0.1) is 23.2 Å². The molecule has 5 nitrogen and oxygen atoms in total. The van der Waals surface area contributed by atoms with Crippen molar-refractivity contribution in [2.45, 2.75) is 11.4 Å². The average molecular weight is 339 g/mol. The molecule has 0 spiro atoms. The van der Waals surface area contributed by atoms with Gasteiger partial charge in [-0.05, 0) is 24.3 Å². The highest BCUT2D eigenvalue weighted by Crippen LogP contribution is 2.17. The minimum Gasteiger partial charge on any atom is -0.338 e. The van der Waals surface area contributed by atoms with E-state index in [2.05, 4.69) is 9.97 Å². The summed E-state index contributed by atoms with van der Waals surface area (Å²) in [6, 6.07) is 16.9. The molecule has 3 aromatic rings. The Balaban J connectivity index is 1.67. The van der Waals surface area contributed by atoms with Crippen LogP contribution in [0.1, 0.15) is 5.82 Å². The Labute approximate surface area is 143 Å². The van der Waals surface area contributed by atoms with E-state index in [0.717, 1.165) is 4.90 Å². The van der Waals surface area contributed by atoms with E-state index in [-0.39, 0.29) is 18.0 Å². The molecule has 6 heteroatoms. The fourth-order valence-electron chi connectivity index (χ4n) is 2.29. The molecule has 0 bridgehead atoms. The lowest BCUT2D eigenvalue weighted by molar-refractivity contribution is -0.127. The number of thioether (sulfide) groups is 1. The summed E-state index contributed by atoms with van der Waals surface area (Å²) in [7, 11) is 1.71. The van der Waals surface area contributed by atoms with Crippen LogP contribution in [-0.2, 0) is 11.3 Å². The summed E-state index contributed by atoms with van der Waals surface area (Å²) in [5.41, 5.74) is 0.450. The van der Waals surface area contributed by atoms with E-state index in [1.54, 1.807) is 30.1 Å². The van der Waals surface area contributed by atoms with Gasteiger partial charge in [0, 0.05) is 11.9 Å².